The predicted molar refractivity (Wildman–Crippen MR) is 56.0 cm³/mol. The Hall–Kier alpha value is -1.35. The monoisotopic (exact) mass is 190 g/mol. The Bertz CT molecular complexity index is 332. The van der Waals surface area contributed by atoms with Crippen molar-refractivity contribution in [1.29, 1.82) is 0 Å². The van der Waals surface area contributed by atoms with E-state index in [1.807, 2.05) is 32.0 Å². The minimum atomic E-state index is -0.309. The average molecular weight is 190 g/mol. The van der Waals surface area contributed by atoms with Crippen molar-refractivity contribution >= 4 is 6.34 Å². The minimum Gasteiger partial charge on any atom is -0.267 e. The van der Waals surface area contributed by atoms with Gasteiger partial charge in [0.2, 0.25) is 0 Å². The number of hydrogen-bond donors (Lipinski definition) is 1. The fraction of sp³-hybridized carbons (Fsp3) is 0.364. The van der Waals surface area contributed by atoms with Crippen molar-refractivity contribution in [2.45, 2.75) is 25.5 Å². The smallest absolute Gasteiger partial charge is 0.117 e. The van der Waals surface area contributed by atoms with Crippen molar-refractivity contribution < 1.29 is 4.84 Å². The molecular weight excluding hydrogens is 176 g/mol. The summed E-state index contributed by atoms with van der Waals surface area (Å²) in [5, 5.41) is 0. The van der Waals surface area contributed by atoms with Crippen LogP contribution in [0.15, 0.2) is 35.3 Å². The first kappa shape index (κ1) is 9.21. The Morgan fingerprint density at radius 3 is 2.64 bits per heavy atom. The van der Waals surface area contributed by atoms with Gasteiger partial charge < -0.3 is 0 Å². The third-order valence-electron chi connectivity index (χ3n) is 2.37. The summed E-state index contributed by atoms with van der Waals surface area (Å²) in [6, 6.07) is 10.2. The van der Waals surface area contributed by atoms with Crippen LogP contribution in [0.25, 0.3) is 0 Å². The molecule has 1 heterocycles. The van der Waals surface area contributed by atoms with Gasteiger partial charge in [0.15, 0.2) is 0 Å². The standard InChI is InChI=1S/C11H14N2O/c1-11(2)10(12-8-13-14-11)9-6-4-3-5-7-9/h3-8,10H,1-2H3,(H,12,13). The van der Waals surface area contributed by atoms with Crippen molar-refractivity contribution in [3.63, 3.8) is 0 Å². The van der Waals surface area contributed by atoms with E-state index >= 15 is 0 Å². The lowest BCUT2D eigenvalue weighted by Gasteiger charge is -2.33. The average Bonchev–Trinajstić information content (AvgIpc) is 2.18. The molecule has 1 aliphatic heterocycles. The maximum atomic E-state index is 5.43. The molecule has 0 fully saturated rings. The summed E-state index contributed by atoms with van der Waals surface area (Å²) in [6.07, 6.45) is 1.60. The Morgan fingerprint density at radius 2 is 2.00 bits per heavy atom. The van der Waals surface area contributed by atoms with Crippen molar-refractivity contribution in [3.05, 3.63) is 35.9 Å². The largest absolute Gasteiger partial charge is 0.267 e. The highest BCUT2D eigenvalue weighted by molar-refractivity contribution is 5.54. The van der Waals surface area contributed by atoms with Crippen LogP contribution in [0.3, 0.4) is 0 Å². The Kier molecular flexibility index (Phi) is 2.25. The van der Waals surface area contributed by atoms with E-state index < -0.39 is 0 Å². The number of benzene rings is 1. The summed E-state index contributed by atoms with van der Waals surface area (Å²) in [4.78, 5) is 9.82. The van der Waals surface area contributed by atoms with Crippen molar-refractivity contribution in [2.75, 3.05) is 0 Å². The summed E-state index contributed by atoms with van der Waals surface area (Å²) in [5.74, 6) is 0. The lowest BCUT2D eigenvalue weighted by Crippen LogP contribution is -2.41. The zero-order chi connectivity index (χ0) is 10.0. The summed E-state index contributed by atoms with van der Waals surface area (Å²) >= 11 is 0. The van der Waals surface area contributed by atoms with Gasteiger partial charge in [-0.05, 0) is 19.4 Å². The minimum absolute atomic E-state index is 0.0601. The molecule has 1 N–H and O–H groups in total. The molecule has 2 rings (SSSR count). The van der Waals surface area contributed by atoms with Gasteiger partial charge in [-0.3, -0.25) is 15.3 Å². The summed E-state index contributed by atoms with van der Waals surface area (Å²) < 4.78 is 0. The summed E-state index contributed by atoms with van der Waals surface area (Å²) in [7, 11) is 0. The van der Waals surface area contributed by atoms with E-state index in [-0.39, 0.29) is 11.6 Å². The van der Waals surface area contributed by atoms with Crippen LogP contribution in [0.2, 0.25) is 0 Å². The molecule has 0 saturated carbocycles. The van der Waals surface area contributed by atoms with Gasteiger partial charge in [-0.2, -0.15) is 0 Å². The third-order valence-corrected chi connectivity index (χ3v) is 2.37. The van der Waals surface area contributed by atoms with Crippen LogP contribution in [0.5, 0.6) is 0 Å². The number of hydroxylamine groups is 1. The van der Waals surface area contributed by atoms with E-state index in [9.17, 15) is 0 Å². The fourth-order valence-corrected chi connectivity index (χ4v) is 1.64. The second kappa shape index (κ2) is 3.42. The second-order valence-electron chi connectivity index (χ2n) is 3.91. The molecule has 1 aromatic rings. The highest BCUT2D eigenvalue weighted by atomic mass is 16.7. The van der Waals surface area contributed by atoms with Gasteiger partial charge in [0.1, 0.15) is 18.0 Å². The predicted octanol–water partition coefficient (Wildman–Crippen LogP) is 2.07. The van der Waals surface area contributed by atoms with E-state index in [1.54, 1.807) is 6.34 Å². The van der Waals surface area contributed by atoms with Crippen LogP contribution in [-0.2, 0) is 4.84 Å². The number of nitrogens with one attached hydrogen (secondary N) is 1. The molecule has 0 radical (unpaired) electrons. The van der Waals surface area contributed by atoms with Crippen LogP contribution in [0, 0.1) is 0 Å². The van der Waals surface area contributed by atoms with Crippen LogP contribution < -0.4 is 5.48 Å². The molecule has 1 aliphatic rings. The van der Waals surface area contributed by atoms with Crippen LogP contribution in [-0.4, -0.2) is 11.9 Å². The van der Waals surface area contributed by atoms with Gasteiger partial charge >= 0.3 is 0 Å². The zero-order valence-corrected chi connectivity index (χ0v) is 8.40. The third kappa shape index (κ3) is 1.63. The Morgan fingerprint density at radius 1 is 1.29 bits per heavy atom. The van der Waals surface area contributed by atoms with Crippen molar-refractivity contribution in [3.8, 4) is 0 Å². The van der Waals surface area contributed by atoms with E-state index in [2.05, 4.69) is 22.6 Å². The SMILES string of the molecule is CC1(C)ONC=NC1c1ccccc1. The van der Waals surface area contributed by atoms with Gasteiger partial charge in [-0.15, -0.1) is 0 Å². The molecule has 0 aliphatic carbocycles. The lowest BCUT2D eigenvalue weighted by molar-refractivity contribution is -0.0796. The molecule has 3 nitrogen and oxygen atoms in total. The van der Waals surface area contributed by atoms with Gasteiger partial charge in [0.05, 0.1) is 0 Å². The fourth-order valence-electron chi connectivity index (χ4n) is 1.64. The number of aliphatic imine (C=N–C) groups is 1. The van der Waals surface area contributed by atoms with E-state index in [4.69, 9.17) is 4.84 Å². The van der Waals surface area contributed by atoms with Gasteiger partial charge in [-0.25, -0.2) is 0 Å². The molecule has 1 aromatic carbocycles. The van der Waals surface area contributed by atoms with E-state index in [1.165, 1.54) is 5.56 Å². The molecule has 0 saturated heterocycles. The normalized spacial score (nSPS) is 24.3. The Labute approximate surface area is 83.8 Å². The summed E-state index contributed by atoms with van der Waals surface area (Å²) in [6.45, 7) is 4.04. The van der Waals surface area contributed by atoms with Crippen molar-refractivity contribution in [2.24, 2.45) is 4.99 Å². The molecule has 1 atom stereocenters. The summed E-state index contributed by atoms with van der Waals surface area (Å²) in [5.41, 5.74) is 3.55. The van der Waals surface area contributed by atoms with Gasteiger partial charge in [0, 0.05) is 0 Å². The Balaban J connectivity index is 2.33. The number of nitrogens with zero attached hydrogens (tertiary/aromatic N) is 1. The first-order valence-electron chi connectivity index (χ1n) is 4.70. The van der Waals surface area contributed by atoms with E-state index in [0.717, 1.165) is 0 Å². The van der Waals surface area contributed by atoms with Crippen LogP contribution >= 0.6 is 0 Å². The molecule has 3 heteroatoms. The number of hydrogen-bond acceptors (Lipinski definition) is 3. The maximum absolute atomic E-state index is 5.43. The first-order valence-corrected chi connectivity index (χ1v) is 4.70. The molecule has 0 spiro atoms. The first-order chi connectivity index (χ1) is 6.70. The van der Waals surface area contributed by atoms with Gasteiger partial charge in [-0.1, -0.05) is 30.3 Å². The van der Waals surface area contributed by atoms with Crippen LogP contribution in [0.1, 0.15) is 25.5 Å². The number of rotatable bonds is 1. The highest BCUT2D eigenvalue weighted by Gasteiger charge is 2.33. The maximum Gasteiger partial charge on any atom is 0.117 e. The molecule has 14 heavy (non-hydrogen) atoms. The van der Waals surface area contributed by atoms with Gasteiger partial charge in [0.25, 0.3) is 0 Å². The molecule has 1 unspecified atom stereocenters. The molecular formula is C11H14N2O. The van der Waals surface area contributed by atoms with Crippen molar-refractivity contribution in [1.82, 2.24) is 5.48 Å². The highest BCUT2D eigenvalue weighted by Crippen LogP contribution is 2.32. The van der Waals surface area contributed by atoms with E-state index in [0.29, 0.717) is 0 Å². The molecule has 0 aromatic heterocycles. The zero-order valence-electron chi connectivity index (χ0n) is 8.40. The van der Waals surface area contributed by atoms with Crippen LogP contribution in [0.4, 0.5) is 0 Å². The molecule has 0 amide bonds. The lowest BCUT2D eigenvalue weighted by atomic mass is 9.92. The molecule has 0 bridgehead atoms. The molecule has 74 valence electrons. The quantitative estimate of drug-likeness (QED) is 0.735. The second-order valence-corrected chi connectivity index (χ2v) is 3.91. The topological polar surface area (TPSA) is 33.6 Å².